The maximum atomic E-state index is 12.3. The average Bonchev–Trinajstić information content (AvgIpc) is 2.86. The molecule has 1 atom stereocenters. The van der Waals surface area contributed by atoms with E-state index >= 15 is 0 Å². The second-order valence-electron chi connectivity index (χ2n) is 4.78. The van der Waals surface area contributed by atoms with Crippen molar-refractivity contribution in [2.75, 3.05) is 13.1 Å². The van der Waals surface area contributed by atoms with Crippen LogP contribution in [0.5, 0.6) is 0 Å². The summed E-state index contributed by atoms with van der Waals surface area (Å²) in [6, 6.07) is 5.88. The fourth-order valence-electron chi connectivity index (χ4n) is 2.31. The topological polar surface area (TPSA) is 54.5 Å². The van der Waals surface area contributed by atoms with E-state index in [-0.39, 0.29) is 10.8 Å². The molecule has 0 bridgehead atoms. The van der Waals surface area contributed by atoms with Gasteiger partial charge in [0.25, 0.3) is 15.0 Å². The summed E-state index contributed by atoms with van der Waals surface area (Å²) >= 11 is 0. The molecule has 1 heterocycles. The van der Waals surface area contributed by atoms with Crippen LogP contribution in [-0.4, -0.2) is 32.3 Å². The third-order valence-electron chi connectivity index (χ3n) is 3.51. The number of nitrogens with zero attached hydrogens (tertiary/aromatic N) is 1. The highest BCUT2D eigenvalue weighted by Crippen LogP contribution is 2.22. The molecule has 1 aromatic carbocycles. The Morgan fingerprint density at radius 1 is 1.47 bits per heavy atom. The Balaban J connectivity index is 2.21. The summed E-state index contributed by atoms with van der Waals surface area (Å²) in [5, 5.41) is 0. The summed E-state index contributed by atoms with van der Waals surface area (Å²) in [5.74, 6) is 0.419. The van der Waals surface area contributed by atoms with E-state index in [1.807, 2.05) is 0 Å². The lowest BCUT2D eigenvalue weighted by Crippen LogP contribution is -2.28. The van der Waals surface area contributed by atoms with Crippen molar-refractivity contribution in [3.05, 3.63) is 29.8 Å². The summed E-state index contributed by atoms with van der Waals surface area (Å²) in [6.45, 7) is 3.59. The van der Waals surface area contributed by atoms with E-state index in [9.17, 15) is 13.2 Å². The maximum absolute atomic E-state index is 12.3. The van der Waals surface area contributed by atoms with Gasteiger partial charge in [-0.15, -0.1) is 0 Å². The lowest BCUT2D eigenvalue weighted by Gasteiger charge is -2.16. The minimum Gasteiger partial charge on any atom is -0.338 e. The lowest BCUT2D eigenvalue weighted by atomic mass is 10.1. The summed E-state index contributed by atoms with van der Waals surface area (Å²) in [7, 11) is 1.49. The van der Waals surface area contributed by atoms with Crippen LogP contribution >= 0.6 is 10.7 Å². The summed E-state index contributed by atoms with van der Waals surface area (Å²) < 4.78 is 22.5. The summed E-state index contributed by atoms with van der Waals surface area (Å²) in [5.41, 5.74) is 0.374. The standard InChI is InChI=1S/C13H16ClNO3S/c1-2-10-6-7-15(9-10)13(16)11-4-3-5-12(8-11)19(14,17)18/h3-5,8,10H,2,6-7,9H2,1H3. The predicted octanol–water partition coefficient (Wildman–Crippen LogP) is 2.49. The van der Waals surface area contributed by atoms with Gasteiger partial charge in [-0.25, -0.2) is 8.42 Å². The van der Waals surface area contributed by atoms with Crippen LogP contribution in [-0.2, 0) is 9.05 Å². The van der Waals surface area contributed by atoms with E-state index in [4.69, 9.17) is 10.7 Å². The van der Waals surface area contributed by atoms with Gasteiger partial charge >= 0.3 is 0 Å². The van der Waals surface area contributed by atoms with Crippen LogP contribution in [0.25, 0.3) is 0 Å². The number of hydrogen-bond acceptors (Lipinski definition) is 3. The first-order valence-electron chi connectivity index (χ1n) is 6.26. The second-order valence-corrected chi connectivity index (χ2v) is 7.35. The zero-order chi connectivity index (χ0) is 14.0. The second kappa shape index (κ2) is 5.51. The maximum Gasteiger partial charge on any atom is 0.261 e. The molecule has 1 unspecified atom stereocenters. The molecule has 1 aliphatic heterocycles. The predicted molar refractivity (Wildman–Crippen MR) is 73.8 cm³/mol. The Labute approximate surface area is 117 Å². The molecule has 0 aliphatic carbocycles. The first kappa shape index (κ1) is 14.3. The highest BCUT2D eigenvalue weighted by atomic mass is 35.7. The van der Waals surface area contributed by atoms with Crippen molar-refractivity contribution in [2.24, 2.45) is 5.92 Å². The molecular formula is C13H16ClNO3S. The smallest absolute Gasteiger partial charge is 0.261 e. The zero-order valence-corrected chi connectivity index (χ0v) is 12.2. The molecule has 1 amide bonds. The van der Waals surface area contributed by atoms with Crippen molar-refractivity contribution < 1.29 is 13.2 Å². The largest absolute Gasteiger partial charge is 0.338 e. The SMILES string of the molecule is CCC1CCN(C(=O)c2cccc(S(=O)(=O)Cl)c2)C1. The van der Waals surface area contributed by atoms with Gasteiger partial charge in [0.1, 0.15) is 0 Å². The van der Waals surface area contributed by atoms with Gasteiger partial charge in [0, 0.05) is 29.3 Å². The first-order chi connectivity index (χ1) is 8.91. The minimum absolute atomic E-state index is 0.0359. The van der Waals surface area contributed by atoms with Crippen LogP contribution in [0.1, 0.15) is 30.1 Å². The third-order valence-corrected chi connectivity index (χ3v) is 4.86. The molecule has 1 aromatic rings. The molecule has 2 rings (SSSR count). The average molecular weight is 302 g/mol. The van der Waals surface area contributed by atoms with Gasteiger partial charge in [-0.1, -0.05) is 19.4 Å². The number of likely N-dealkylation sites (tertiary alicyclic amines) is 1. The van der Waals surface area contributed by atoms with Crippen molar-refractivity contribution in [1.29, 1.82) is 0 Å². The highest BCUT2D eigenvalue weighted by Gasteiger charge is 2.26. The lowest BCUT2D eigenvalue weighted by molar-refractivity contribution is 0.0786. The number of amides is 1. The summed E-state index contributed by atoms with van der Waals surface area (Å²) in [6.07, 6.45) is 2.07. The van der Waals surface area contributed by atoms with Gasteiger partial charge in [-0.2, -0.15) is 0 Å². The number of hydrogen-bond donors (Lipinski definition) is 0. The van der Waals surface area contributed by atoms with Crippen molar-refractivity contribution >= 4 is 25.6 Å². The van der Waals surface area contributed by atoms with E-state index in [1.54, 1.807) is 11.0 Å². The van der Waals surface area contributed by atoms with Gasteiger partial charge in [0.15, 0.2) is 0 Å². The molecule has 1 fully saturated rings. The molecule has 4 nitrogen and oxygen atoms in total. The molecule has 104 valence electrons. The van der Waals surface area contributed by atoms with Crippen molar-refractivity contribution in [2.45, 2.75) is 24.7 Å². The Morgan fingerprint density at radius 3 is 2.79 bits per heavy atom. The van der Waals surface area contributed by atoms with Crippen molar-refractivity contribution in [1.82, 2.24) is 4.90 Å². The van der Waals surface area contributed by atoms with E-state index in [0.717, 1.165) is 25.9 Å². The Kier molecular flexibility index (Phi) is 4.16. The van der Waals surface area contributed by atoms with Gasteiger partial charge < -0.3 is 4.90 Å². The molecule has 0 radical (unpaired) electrons. The molecule has 0 N–H and O–H groups in total. The molecule has 0 saturated carbocycles. The number of benzene rings is 1. The quantitative estimate of drug-likeness (QED) is 0.806. The molecule has 0 aromatic heterocycles. The van der Waals surface area contributed by atoms with Crippen LogP contribution in [0.2, 0.25) is 0 Å². The molecule has 1 aliphatic rings. The number of carbonyl (C=O) groups is 1. The van der Waals surface area contributed by atoms with E-state index in [1.165, 1.54) is 18.2 Å². The fourth-order valence-corrected chi connectivity index (χ4v) is 3.11. The van der Waals surface area contributed by atoms with Crippen LogP contribution < -0.4 is 0 Å². The fraction of sp³-hybridized carbons (Fsp3) is 0.462. The van der Waals surface area contributed by atoms with Gasteiger partial charge in [-0.3, -0.25) is 4.79 Å². The van der Waals surface area contributed by atoms with E-state index < -0.39 is 9.05 Å². The Hall–Kier alpha value is -1.07. The Morgan fingerprint density at radius 2 is 2.21 bits per heavy atom. The van der Waals surface area contributed by atoms with Gasteiger partial charge in [0.05, 0.1) is 4.90 Å². The normalized spacial score (nSPS) is 19.7. The molecule has 0 spiro atoms. The van der Waals surface area contributed by atoms with Crippen molar-refractivity contribution in [3.8, 4) is 0 Å². The number of halogens is 1. The summed E-state index contributed by atoms with van der Waals surface area (Å²) in [4.78, 5) is 14.0. The molecule has 1 saturated heterocycles. The van der Waals surface area contributed by atoms with Crippen molar-refractivity contribution in [3.63, 3.8) is 0 Å². The molecular weight excluding hydrogens is 286 g/mol. The zero-order valence-electron chi connectivity index (χ0n) is 10.7. The van der Waals surface area contributed by atoms with Crippen LogP contribution in [0.3, 0.4) is 0 Å². The van der Waals surface area contributed by atoms with Gasteiger partial charge in [-0.05, 0) is 30.5 Å². The van der Waals surface area contributed by atoms with Crippen LogP contribution in [0.15, 0.2) is 29.2 Å². The number of rotatable bonds is 3. The minimum atomic E-state index is -3.80. The number of carbonyl (C=O) groups excluding carboxylic acids is 1. The van der Waals surface area contributed by atoms with E-state index in [2.05, 4.69) is 6.92 Å². The molecule has 6 heteroatoms. The highest BCUT2D eigenvalue weighted by molar-refractivity contribution is 8.13. The molecule has 19 heavy (non-hydrogen) atoms. The van der Waals surface area contributed by atoms with Gasteiger partial charge in [0.2, 0.25) is 0 Å². The van der Waals surface area contributed by atoms with Crippen LogP contribution in [0, 0.1) is 5.92 Å². The third kappa shape index (κ3) is 3.28. The Bertz CT molecular complexity index is 585. The monoisotopic (exact) mass is 301 g/mol. The van der Waals surface area contributed by atoms with Crippen LogP contribution in [0.4, 0.5) is 0 Å². The first-order valence-corrected chi connectivity index (χ1v) is 8.56. The van der Waals surface area contributed by atoms with E-state index in [0.29, 0.717) is 11.5 Å².